The number of hydrogen-bond acceptors (Lipinski definition) is 3. The molecule has 2 aromatic rings. The fraction of sp³-hybridized carbons (Fsp3) is 0.429. The quantitative estimate of drug-likeness (QED) is 0.751. The van der Waals surface area contributed by atoms with Gasteiger partial charge in [-0.25, -0.2) is 0 Å². The summed E-state index contributed by atoms with van der Waals surface area (Å²) in [5, 5.41) is 7.74. The Hall–Kier alpha value is -2.14. The van der Waals surface area contributed by atoms with Gasteiger partial charge < -0.3 is 10.6 Å². The molecule has 0 radical (unpaired) electrons. The van der Waals surface area contributed by atoms with Crippen molar-refractivity contribution in [3.8, 4) is 0 Å². The predicted molar refractivity (Wildman–Crippen MR) is 107 cm³/mol. The van der Waals surface area contributed by atoms with Crippen LogP contribution in [-0.4, -0.2) is 17.9 Å². The highest BCUT2D eigenvalue weighted by molar-refractivity contribution is 7.12. The largest absolute Gasteiger partial charge is 0.348 e. The number of amides is 2. The molecule has 2 rings (SSSR count). The number of carbonyl (C=O) groups is 2. The number of carbonyl (C=O) groups excluding carboxylic acids is 2. The summed E-state index contributed by atoms with van der Waals surface area (Å²) in [5.74, 6) is 0.106. The molecule has 5 heteroatoms. The third kappa shape index (κ3) is 5.18. The molecule has 0 spiro atoms. The summed E-state index contributed by atoms with van der Waals surface area (Å²) >= 11 is 1.37. The molecule has 2 N–H and O–H groups in total. The Morgan fingerprint density at radius 3 is 2.00 bits per heavy atom. The summed E-state index contributed by atoms with van der Waals surface area (Å²) in [7, 11) is 0. The fourth-order valence-corrected chi connectivity index (χ4v) is 3.34. The Balaban J connectivity index is 2.03. The first kappa shape index (κ1) is 20.2. The molecule has 0 aliphatic carbocycles. The third-order valence-electron chi connectivity index (χ3n) is 4.44. The lowest BCUT2D eigenvalue weighted by atomic mass is 9.98. The Kier molecular flexibility index (Phi) is 6.98. The van der Waals surface area contributed by atoms with E-state index in [0.29, 0.717) is 10.8 Å². The van der Waals surface area contributed by atoms with Gasteiger partial charge in [0, 0.05) is 0 Å². The van der Waals surface area contributed by atoms with Gasteiger partial charge in [0.25, 0.3) is 5.91 Å². The molecule has 0 bridgehead atoms. The van der Waals surface area contributed by atoms with Gasteiger partial charge in [-0.1, -0.05) is 58.0 Å². The van der Waals surface area contributed by atoms with Crippen LogP contribution >= 0.6 is 11.3 Å². The molecule has 1 aromatic heterocycles. The Labute approximate surface area is 160 Å². The minimum Gasteiger partial charge on any atom is -0.348 e. The summed E-state index contributed by atoms with van der Waals surface area (Å²) in [6.45, 7) is 10.1. The van der Waals surface area contributed by atoms with Crippen LogP contribution in [-0.2, 0) is 4.79 Å². The van der Waals surface area contributed by atoms with Crippen LogP contribution in [0.2, 0.25) is 0 Å². The van der Waals surface area contributed by atoms with Gasteiger partial charge in [-0.3, -0.25) is 9.59 Å². The van der Waals surface area contributed by atoms with Crippen LogP contribution in [0.5, 0.6) is 0 Å². The average molecular weight is 373 g/mol. The van der Waals surface area contributed by atoms with Crippen molar-refractivity contribution in [3.63, 3.8) is 0 Å². The van der Waals surface area contributed by atoms with Crippen molar-refractivity contribution in [1.82, 2.24) is 10.6 Å². The summed E-state index contributed by atoms with van der Waals surface area (Å²) in [5.41, 5.74) is 2.32. The number of thiophene rings is 1. The Morgan fingerprint density at radius 1 is 0.885 bits per heavy atom. The molecule has 2 amide bonds. The van der Waals surface area contributed by atoms with Crippen LogP contribution in [0, 0.1) is 5.92 Å². The number of hydrogen-bond donors (Lipinski definition) is 2. The van der Waals surface area contributed by atoms with E-state index in [1.807, 2.05) is 32.2 Å². The molecule has 0 saturated carbocycles. The molecule has 4 nitrogen and oxygen atoms in total. The monoisotopic (exact) mass is 372 g/mol. The highest BCUT2D eigenvalue weighted by Gasteiger charge is 2.26. The van der Waals surface area contributed by atoms with Crippen molar-refractivity contribution in [2.75, 3.05) is 0 Å². The molecule has 26 heavy (non-hydrogen) atoms. The normalized spacial score (nSPS) is 13.5. The molecule has 0 fully saturated rings. The van der Waals surface area contributed by atoms with Crippen molar-refractivity contribution >= 4 is 23.2 Å². The van der Waals surface area contributed by atoms with Crippen LogP contribution in [0.1, 0.15) is 67.4 Å². The van der Waals surface area contributed by atoms with Crippen molar-refractivity contribution in [2.45, 2.75) is 52.6 Å². The molecule has 2 unspecified atom stereocenters. The zero-order valence-electron chi connectivity index (χ0n) is 16.1. The van der Waals surface area contributed by atoms with Gasteiger partial charge in [0.2, 0.25) is 5.91 Å². The Morgan fingerprint density at radius 2 is 1.50 bits per heavy atom. The zero-order valence-corrected chi connectivity index (χ0v) is 16.9. The molecule has 140 valence electrons. The summed E-state index contributed by atoms with van der Waals surface area (Å²) in [6.07, 6.45) is 0. The predicted octanol–water partition coefficient (Wildman–Crippen LogP) is 4.50. The van der Waals surface area contributed by atoms with E-state index in [1.165, 1.54) is 16.9 Å². The Bertz CT molecular complexity index is 721. The smallest absolute Gasteiger partial charge is 0.262 e. The van der Waals surface area contributed by atoms with Gasteiger partial charge in [-0.2, -0.15) is 0 Å². The van der Waals surface area contributed by atoms with Crippen molar-refractivity contribution in [1.29, 1.82) is 0 Å². The van der Waals surface area contributed by atoms with Gasteiger partial charge in [0.05, 0.1) is 10.9 Å². The van der Waals surface area contributed by atoms with Crippen molar-refractivity contribution < 1.29 is 9.59 Å². The number of rotatable bonds is 7. The maximum Gasteiger partial charge on any atom is 0.262 e. The molecule has 0 saturated heterocycles. The standard InChI is InChI=1S/C21H28N2O2S/c1-13(2)16-8-10-17(11-9-16)15(5)22-21(25)19(14(3)4)23-20(24)18-7-6-12-26-18/h6-15,19H,1-5H3,(H,22,25)(H,23,24). The first-order chi connectivity index (χ1) is 12.3. The molecule has 1 aromatic carbocycles. The summed E-state index contributed by atoms with van der Waals surface area (Å²) < 4.78 is 0. The molecule has 0 aliphatic rings. The van der Waals surface area contributed by atoms with Crippen LogP contribution in [0.15, 0.2) is 41.8 Å². The number of nitrogens with one attached hydrogen (secondary N) is 2. The van der Waals surface area contributed by atoms with Crippen molar-refractivity contribution in [2.24, 2.45) is 5.92 Å². The van der Waals surface area contributed by atoms with Gasteiger partial charge in [-0.05, 0) is 41.3 Å². The van der Waals surface area contributed by atoms with E-state index >= 15 is 0 Å². The number of benzene rings is 1. The van der Waals surface area contributed by atoms with E-state index in [1.54, 1.807) is 6.07 Å². The lowest BCUT2D eigenvalue weighted by molar-refractivity contribution is -0.124. The van der Waals surface area contributed by atoms with Gasteiger partial charge in [-0.15, -0.1) is 11.3 Å². The topological polar surface area (TPSA) is 58.2 Å². The lowest BCUT2D eigenvalue weighted by Crippen LogP contribution is -2.50. The molecular weight excluding hydrogens is 344 g/mol. The maximum absolute atomic E-state index is 12.7. The van der Waals surface area contributed by atoms with E-state index in [2.05, 4.69) is 48.7 Å². The second-order valence-electron chi connectivity index (χ2n) is 7.22. The summed E-state index contributed by atoms with van der Waals surface area (Å²) in [4.78, 5) is 25.6. The van der Waals surface area contributed by atoms with E-state index in [4.69, 9.17) is 0 Å². The highest BCUT2D eigenvalue weighted by Crippen LogP contribution is 2.19. The molecule has 1 heterocycles. The minimum absolute atomic E-state index is 0.00516. The van der Waals surface area contributed by atoms with Crippen molar-refractivity contribution in [3.05, 3.63) is 57.8 Å². The zero-order chi connectivity index (χ0) is 19.3. The molecular formula is C21H28N2O2S. The van der Waals surface area contributed by atoms with E-state index < -0.39 is 6.04 Å². The highest BCUT2D eigenvalue weighted by atomic mass is 32.1. The van der Waals surface area contributed by atoms with Gasteiger partial charge >= 0.3 is 0 Å². The fourth-order valence-electron chi connectivity index (χ4n) is 2.71. The second-order valence-corrected chi connectivity index (χ2v) is 8.17. The summed E-state index contributed by atoms with van der Waals surface area (Å²) in [6, 6.07) is 11.2. The average Bonchev–Trinajstić information content (AvgIpc) is 3.13. The van der Waals surface area contributed by atoms with E-state index in [9.17, 15) is 9.59 Å². The van der Waals surface area contributed by atoms with Crippen LogP contribution < -0.4 is 10.6 Å². The van der Waals surface area contributed by atoms with Crippen LogP contribution in [0.3, 0.4) is 0 Å². The van der Waals surface area contributed by atoms with E-state index in [-0.39, 0.29) is 23.8 Å². The lowest BCUT2D eigenvalue weighted by Gasteiger charge is -2.24. The van der Waals surface area contributed by atoms with E-state index in [0.717, 1.165) is 5.56 Å². The third-order valence-corrected chi connectivity index (χ3v) is 5.31. The van der Waals surface area contributed by atoms with Crippen LogP contribution in [0.4, 0.5) is 0 Å². The van der Waals surface area contributed by atoms with Crippen LogP contribution in [0.25, 0.3) is 0 Å². The minimum atomic E-state index is -0.568. The van der Waals surface area contributed by atoms with Gasteiger partial charge in [0.15, 0.2) is 0 Å². The SMILES string of the molecule is CC(C)c1ccc(C(C)NC(=O)C(NC(=O)c2cccs2)C(C)C)cc1. The first-order valence-corrected chi connectivity index (χ1v) is 9.92. The van der Waals surface area contributed by atoms with Gasteiger partial charge in [0.1, 0.15) is 6.04 Å². The molecule has 2 atom stereocenters. The molecule has 0 aliphatic heterocycles. The maximum atomic E-state index is 12.7. The first-order valence-electron chi connectivity index (χ1n) is 9.04. The second kappa shape index (κ2) is 8.99.